The molecule has 9 heteroatoms. The molecule has 0 radical (unpaired) electrons. The third-order valence-electron chi connectivity index (χ3n) is 7.43. The third-order valence-corrected chi connectivity index (χ3v) is 8.01. The van der Waals surface area contributed by atoms with Gasteiger partial charge in [0, 0.05) is 41.3 Å². The molecule has 0 spiro atoms. The summed E-state index contributed by atoms with van der Waals surface area (Å²) in [4.78, 5) is 10.1. The van der Waals surface area contributed by atoms with Gasteiger partial charge in [-0.3, -0.25) is 4.90 Å². The average Bonchev–Trinajstić information content (AvgIpc) is 3.50. The van der Waals surface area contributed by atoms with Crippen molar-refractivity contribution in [2.75, 3.05) is 19.0 Å². The van der Waals surface area contributed by atoms with Gasteiger partial charge in [-0.1, -0.05) is 24.3 Å². The SMILES string of the molecule is N#Cc1cn(Cc2cccc(F)c2)c2cc(-c3ccnc4[nH]c(C5CCN(CS(=O)O)CC5)cc34)ccc12. The maximum absolute atomic E-state index is 13.8. The standard InChI is InChI=1S/C29H26FN5O2S/c30-23-3-1-2-19(12-23)16-35-17-22(15-31)25-5-4-21(13-28(25)35)24-6-9-32-29-26(24)14-27(33-29)20-7-10-34(11-8-20)18-38(36)37/h1-6,9,12-14,17,20H,7-8,10-11,16,18H2,(H,32,33)(H,36,37). The second-order valence-electron chi connectivity index (χ2n) is 9.83. The first-order chi connectivity index (χ1) is 18.5. The van der Waals surface area contributed by atoms with E-state index in [2.05, 4.69) is 28.2 Å². The minimum atomic E-state index is -1.81. The Kier molecular flexibility index (Phi) is 6.54. The fourth-order valence-electron chi connectivity index (χ4n) is 5.56. The van der Waals surface area contributed by atoms with Crippen molar-refractivity contribution >= 4 is 33.0 Å². The van der Waals surface area contributed by atoms with E-state index in [9.17, 15) is 18.4 Å². The number of aromatic amines is 1. The van der Waals surface area contributed by atoms with Crippen molar-refractivity contribution in [3.05, 3.63) is 89.6 Å². The first-order valence-electron chi connectivity index (χ1n) is 12.5. The highest BCUT2D eigenvalue weighted by atomic mass is 32.2. The Morgan fingerprint density at radius 3 is 2.74 bits per heavy atom. The highest BCUT2D eigenvalue weighted by Gasteiger charge is 2.23. The number of rotatable bonds is 6. The lowest BCUT2D eigenvalue weighted by atomic mass is 9.93. The molecule has 2 aromatic carbocycles. The molecule has 38 heavy (non-hydrogen) atoms. The molecule has 2 N–H and O–H groups in total. The number of nitrogens with one attached hydrogen (secondary N) is 1. The maximum atomic E-state index is 13.8. The van der Waals surface area contributed by atoms with Gasteiger partial charge in [-0.25, -0.2) is 13.6 Å². The Labute approximate surface area is 221 Å². The summed E-state index contributed by atoms with van der Waals surface area (Å²) in [6, 6.07) is 19.1. The van der Waals surface area contributed by atoms with Crippen LogP contribution in [0.4, 0.5) is 4.39 Å². The quantitative estimate of drug-likeness (QED) is 0.280. The van der Waals surface area contributed by atoms with Crippen LogP contribution in [0.3, 0.4) is 0 Å². The Hall–Kier alpha value is -3.84. The predicted octanol–water partition coefficient (Wildman–Crippen LogP) is 5.60. The number of benzene rings is 2. The number of hydrogen-bond donors (Lipinski definition) is 2. The van der Waals surface area contributed by atoms with Gasteiger partial charge in [0.2, 0.25) is 0 Å². The van der Waals surface area contributed by atoms with Crippen LogP contribution in [-0.4, -0.2) is 47.2 Å². The van der Waals surface area contributed by atoms with Crippen molar-refractivity contribution in [2.45, 2.75) is 25.3 Å². The van der Waals surface area contributed by atoms with Crippen molar-refractivity contribution in [1.82, 2.24) is 19.4 Å². The van der Waals surface area contributed by atoms with Crippen molar-refractivity contribution in [1.29, 1.82) is 5.26 Å². The van der Waals surface area contributed by atoms with Gasteiger partial charge in [0.25, 0.3) is 0 Å². The third kappa shape index (κ3) is 4.74. The molecule has 3 aromatic heterocycles. The van der Waals surface area contributed by atoms with Crippen molar-refractivity contribution < 1.29 is 13.2 Å². The zero-order valence-corrected chi connectivity index (χ0v) is 21.4. The van der Waals surface area contributed by atoms with E-state index in [4.69, 9.17) is 0 Å². The van der Waals surface area contributed by atoms with Gasteiger partial charge in [0.05, 0.1) is 11.1 Å². The number of halogens is 1. The normalized spacial score (nSPS) is 15.7. The van der Waals surface area contributed by atoms with E-state index in [-0.39, 0.29) is 11.7 Å². The molecule has 1 aliphatic heterocycles. The van der Waals surface area contributed by atoms with Gasteiger partial charge in [-0.2, -0.15) is 5.26 Å². The molecular weight excluding hydrogens is 501 g/mol. The van der Waals surface area contributed by atoms with Gasteiger partial charge >= 0.3 is 0 Å². The fourth-order valence-corrected chi connectivity index (χ4v) is 6.13. The second-order valence-corrected chi connectivity index (χ2v) is 10.7. The van der Waals surface area contributed by atoms with Crippen molar-refractivity contribution in [3.8, 4) is 17.2 Å². The monoisotopic (exact) mass is 527 g/mol. The molecule has 192 valence electrons. The highest BCUT2D eigenvalue weighted by molar-refractivity contribution is 7.79. The van der Waals surface area contributed by atoms with Gasteiger partial charge in [-0.05, 0) is 73.0 Å². The van der Waals surface area contributed by atoms with E-state index in [1.807, 2.05) is 39.9 Å². The van der Waals surface area contributed by atoms with Crippen LogP contribution in [-0.2, 0) is 17.6 Å². The second kappa shape index (κ2) is 10.1. The molecule has 1 unspecified atom stereocenters. The summed E-state index contributed by atoms with van der Waals surface area (Å²) < 4.78 is 36.1. The Balaban J connectivity index is 1.35. The number of aromatic nitrogens is 3. The lowest BCUT2D eigenvalue weighted by Crippen LogP contribution is -2.35. The number of likely N-dealkylation sites (tertiary alicyclic amines) is 1. The average molecular weight is 528 g/mol. The topological polar surface area (TPSA) is 97.9 Å². The summed E-state index contributed by atoms with van der Waals surface area (Å²) in [7, 11) is 0. The summed E-state index contributed by atoms with van der Waals surface area (Å²) >= 11 is -1.81. The van der Waals surface area contributed by atoms with Crippen molar-refractivity contribution in [3.63, 3.8) is 0 Å². The van der Waals surface area contributed by atoms with Gasteiger partial charge in [0.15, 0.2) is 11.1 Å². The predicted molar refractivity (Wildman–Crippen MR) is 146 cm³/mol. The van der Waals surface area contributed by atoms with E-state index in [1.54, 1.807) is 12.3 Å². The first kappa shape index (κ1) is 24.5. The summed E-state index contributed by atoms with van der Waals surface area (Å²) in [6.07, 6.45) is 5.45. The Morgan fingerprint density at radius 2 is 1.97 bits per heavy atom. The van der Waals surface area contributed by atoms with E-state index < -0.39 is 11.1 Å². The number of H-pyrrole nitrogens is 1. The number of piperidine rings is 1. The van der Waals surface area contributed by atoms with Gasteiger partial charge in [0.1, 0.15) is 23.4 Å². The molecule has 1 saturated heterocycles. The lowest BCUT2D eigenvalue weighted by Gasteiger charge is -2.30. The first-order valence-corrected chi connectivity index (χ1v) is 13.8. The zero-order chi connectivity index (χ0) is 26.2. The van der Waals surface area contributed by atoms with Gasteiger partial charge in [-0.15, -0.1) is 0 Å². The van der Waals surface area contributed by atoms with Crippen LogP contribution in [0, 0.1) is 17.1 Å². The molecule has 1 atom stereocenters. The molecule has 1 aliphatic rings. The zero-order valence-electron chi connectivity index (χ0n) is 20.6. The van der Waals surface area contributed by atoms with Crippen LogP contribution >= 0.6 is 0 Å². The summed E-state index contributed by atoms with van der Waals surface area (Å²) in [6.45, 7) is 2.03. The van der Waals surface area contributed by atoms with Crippen LogP contribution in [0.2, 0.25) is 0 Å². The molecule has 1 fully saturated rings. The summed E-state index contributed by atoms with van der Waals surface area (Å²) in [5.74, 6) is 0.253. The Morgan fingerprint density at radius 1 is 1.13 bits per heavy atom. The molecule has 0 amide bonds. The van der Waals surface area contributed by atoms with Crippen LogP contribution in [0.15, 0.2) is 67.0 Å². The minimum absolute atomic E-state index is 0.196. The number of pyridine rings is 1. The molecular formula is C29H26FN5O2S. The summed E-state index contributed by atoms with van der Waals surface area (Å²) in [5, 5.41) is 11.6. The van der Waals surface area contributed by atoms with Crippen molar-refractivity contribution in [2.24, 2.45) is 0 Å². The van der Waals surface area contributed by atoms with E-state index in [1.165, 1.54) is 12.1 Å². The minimum Gasteiger partial charge on any atom is -0.343 e. The molecule has 0 aliphatic carbocycles. The van der Waals surface area contributed by atoms with Crippen LogP contribution in [0.1, 0.15) is 35.6 Å². The van der Waals surface area contributed by atoms with Crippen LogP contribution in [0.5, 0.6) is 0 Å². The maximum Gasteiger partial charge on any atom is 0.167 e. The van der Waals surface area contributed by atoms with Gasteiger partial charge < -0.3 is 14.1 Å². The molecule has 0 bridgehead atoms. The van der Waals surface area contributed by atoms with Crippen LogP contribution < -0.4 is 0 Å². The molecule has 0 saturated carbocycles. The number of hydrogen-bond acceptors (Lipinski definition) is 4. The lowest BCUT2D eigenvalue weighted by molar-refractivity contribution is 0.239. The molecule has 4 heterocycles. The highest BCUT2D eigenvalue weighted by Crippen LogP contribution is 2.35. The number of nitrogens with zero attached hydrogens (tertiary/aromatic N) is 4. The fraction of sp³-hybridized carbons (Fsp3) is 0.241. The summed E-state index contributed by atoms with van der Waals surface area (Å²) in [5.41, 5.74) is 6.34. The van der Waals surface area contributed by atoms with Crippen LogP contribution in [0.25, 0.3) is 33.1 Å². The van der Waals surface area contributed by atoms with E-state index in [0.717, 1.165) is 70.3 Å². The largest absolute Gasteiger partial charge is 0.343 e. The van der Waals surface area contributed by atoms with E-state index in [0.29, 0.717) is 18.0 Å². The smallest absolute Gasteiger partial charge is 0.167 e. The number of fused-ring (bicyclic) bond motifs is 2. The molecule has 6 rings (SSSR count). The molecule has 7 nitrogen and oxygen atoms in total. The Bertz CT molecular complexity index is 1710. The number of nitriles is 1. The van der Waals surface area contributed by atoms with E-state index >= 15 is 0 Å². The molecule has 5 aromatic rings.